The first-order valence-corrected chi connectivity index (χ1v) is 7.12. The number of aryl methyl sites for hydroxylation is 2. The van der Waals surface area contributed by atoms with Crippen molar-refractivity contribution in [3.8, 4) is 23.0 Å². The molecular formula is C15H12N6O3. The van der Waals surface area contributed by atoms with Gasteiger partial charge in [0, 0.05) is 5.69 Å². The molecule has 0 amide bonds. The number of aromatic nitrogens is 6. The number of nitrogens with one attached hydrogen (secondary N) is 2. The zero-order valence-corrected chi connectivity index (χ0v) is 12.8. The summed E-state index contributed by atoms with van der Waals surface area (Å²) < 4.78 is 5.14. The van der Waals surface area contributed by atoms with Gasteiger partial charge >= 0.3 is 5.97 Å². The number of aromatic carboxylic acids is 1. The lowest BCUT2D eigenvalue weighted by atomic mass is 10.2. The summed E-state index contributed by atoms with van der Waals surface area (Å²) in [5, 5.41) is 12.8. The Morgan fingerprint density at radius 1 is 1.17 bits per heavy atom. The standard InChI is InChI=1S/C15H12N6O3/c1-6-12(20-13(16-6)15(22)23)9-4-3-8-10(19-9)5-11(18-8)14-17-7(2)21-24-14/h3-5,18H,1-2H3,(H,16,20)(H,22,23). The molecule has 0 aliphatic carbocycles. The Hall–Kier alpha value is -3.49. The number of fused-ring (bicyclic) bond motifs is 1. The average molecular weight is 324 g/mol. The first-order valence-electron chi connectivity index (χ1n) is 7.12. The van der Waals surface area contributed by atoms with Crippen molar-refractivity contribution >= 4 is 17.0 Å². The molecule has 4 rings (SSSR count). The fraction of sp³-hybridized carbons (Fsp3) is 0.133. The summed E-state index contributed by atoms with van der Waals surface area (Å²) in [6.45, 7) is 3.50. The normalized spacial score (nSPS) is 11.2. The molecule has 0 saturated carbocycles. The van der Waals surface area contributed by atoms with Gasteiger partial charge in [-0.2, -0.15) is 4.98 Å². The molecule has 120 valence electrons. The third-order valence-corrected chi connectivity index (χ3v) is 3.56. The third kappa shape index (κ3) is 2.22. The van der Waals surface area contributed by atoms with Crippen LogP contribution in [0, 0.1) is 13.8 Å². The first kappa shape index (κ1) is 14.1. The van der Waals surface area contributed by atoms with Crippen LogP contribution in [0.3, 0.4) is 0 Å². The SMILES string of the molecule is Cc1noc(-c2cc3nc(-c4nc(C(=O)O)[nH]c4C)ccc3[nH]2)n1. The van der Waals surface area contributed by atoms with Crippen LogP contribution in [0.5, 0.6) is 0 Å². The molecule has 4 aromatic rings. The number of pyridine rings is 1. The highest BCUT2D eigenvalue weighted by Crippen LogP contribution is 2.25. The van der Waals surface area contributed by atoms with Gasteiger partial charge in [0.1, 0.15) is 11.4 Å². The van der Waals surface area contributed by atoms with Gasteiger partial charge in [0.25, 0.3) is 5.89 Å². The Kier molecular flexibility index (Phi) is 2.95. The fourth-order valence-electron chi connectivity index (χ4n) is 2.47. The van der Waals surface area contributed by atoms with E-state index < -0.39 is 5.97 Å². The molecular weight excluding hydrogens is 312 g/mol. The van der Waals surface area contributed by atoms with E-state index in [2.05, 4.69) is 30.1 Å². The maximum absolute atomic E-state index is 11.0. The van der Waals surface area contributed by atoms with Crippen LogP contribution >= 0.6 is 0 Å². The quantitative estimate of drug-likeness (QED) is 0.526. The van der Waals surface area contributed by atoms with Crippen LogP contribution < -0.4 is 0 Å². The minimum absolute atomic E-state index is 0.111. The van der Waals surface area contributed by atoms with Gasteiger partial charge in [-0.05, 0) is 32.0 Å². The summed E-state index contributed by atoms with van der Waals surface area (Å²) in [6.07, 6.45) is 0. The molecule has 0 aliphatic rings. The summed E-state index contributed by atoms with van der Waals surface area (Å²) in [4.78, 5) is 29.7. The number of rotatable bonds is 3. The van der Waals surface area contributed by atoms with Crippen molar-refractivity contribution in [1.29, 1.82) is 0 Å². The molecule has 0 aromatic carbocycles. The first-order chi connectivity index (χ1) is 11.5. The van der Waals surface area contributed by atoms with Gasteiger partial charge < -0.3 is 19.6 Å². The predicted octanol–water partition coefficient (Wildman–Crippen LogP) is 2.32. The van der Waals surface area contributed by atoms with Crippen LogP contribution in [0.25, 0.3) is 34.0 Å². The van der Waals surface area contributed by atoms with Crippen LogP contribution in [0.4, 0.5) is 0 Å². The lowest BCUT2D eigenvalue weighted by Gasteiger charge is -1.97. The molecule has 0 aliphatic heterocycles. The Labute approximate surface area is 134 Å². The zero-order chi connectivity index (χ0) is 16.8. The number of nitrogens with zero attached hydrogens (tertiary/aromatic N) is 4. The minimum Gasteiger partial charge on any atom is -0.475 e. The smallest absolute Gasteiger partial charge is 0.371 e. The Morgan fingerprint density at radius 3 is 2.67 bits per heavy atom. The van der Waals surface area contributed by atoms with E-state index >= 15 is 0 Å². The summed E-state index contributed by atoms with van der Waals surface area (Å²) in [5.74, 6) is -0.288. The highest BCUT2D eigenvalue weighted by atomic mass is 16.5. The van der Waals surface area contributed by atoms with Crippen LogP contribution in [0.15, 0.2) is 22.7 Å². The monoisotopic (exact) mass is 324 g/mol. The maximum Gasteiger partial charge on any atom is 0.371 e. The molecule has 3 N–H and O–H groups in total. The van der Waals surface area contributed by atoms with Crippen molar-refractivity contribution in [2.24, 2.45) is 0 Å². The fourth-order valence-corrected chi connectivity index (χ4v) is 2.47. The number of hydrogen-bond donors (Lipinski definition) is 3. The topological polar surface area (TPSA) is 134 Å². The molecule has 0 fully saturated rings. The van der Waals surface area contributed by atoms with E-state index in [9.17, 15) is 4.79 Å². The average Bonchev–Trinajstić information content (AvgIpc) is 3.23. The molecule has 4 heterocycles. The van der Waals surface area contributed by atoms with Crippen LogP contribution in [-0.2, 0) is 0 Å². The Morgan fingerprint density at radius 2 is 2.00 bits per heavy atom. The lowest BCUT2D eigenvalue weighted by Crippen LogP contribution is -1.98. The van der Waals surface area contributed by atoms with Gasteiger partial charge in [-0.15, -0.1) is 0 Å². The van der Waals surface area contributed by atoms with E-state index in [1.165, 1.54) is 0 Å². The largest absolute Gasteiger partial charge is 0.475 e. The molecule has 0 radical (unpaired) electrons. The molecule has 0 bridgehead atoms. The number of carboxylic acid groups (broad SMARTS) is 1. The highest BCUT2D eigenvalue weighted by molar-refractivity contribution is 5.86. The molecule has 0 spiro atoms. The third-order valence-electron chi connectivity index (χ3n) is 3.56. The minimum atomic E-state index is -1.11. The van der Waals surface area contributed by atoms with Crippen molar-refractivity contribution in [2.45, 2.75) is 13.8 Å². The summed E-state index contributed by atoms with van der Waals surface area (Å²) in [5.41, 5.74) is 3.89. The van der Waals surface area contributed by atoms with Gasteiger partial charge in [-0.3, -0.25) is 0 Å². The summed E-state index contributed by atoms with van der Waals surface area (Å²) in [6, 6.07) is 5.42. The maximum atomic E-state index is 11.0. The van der Waals surface area contributed by atoms with Gasteiger partial charge in [-0.1, -0.05) is 5.16 Å². The lowest BCUT2D eigenvalue weighted by molar-refractivity contribution is 0.0684. The summed E-state index contributed by atoms with van der Waals surface area (Å²) >= 11 is 0. The second kappa shape index (κ2) is 5.01. The number of imidazole rings is 1. The van der Waals surface area contributed by atoms with Crippen LogP contribution in [0.2, 0.25) is 0 Å². The van der Waals surface area contributed by atoms with Gasteiger partial charge in [-0.25, -0.2) is 14.8 Å². The molecule has 24 heavy (non-hydrogen) atoms. The zero-order valence-electron chi connectivity index (χ0n) is 12.8. The highest BCUT2D eigenvalue weighted by Gasteiger charge is 2.16. The summed E-state index contributed by atoms with van der Waals surface area (Å²) in [7, 11) is 0. The number of carboxylic acids is 1. The van der Waals surface area contributed by atoms with Gasteiger partial charge in [0.15, 0.2) is 5.82 Å². The van der Waals surface area contributed by atoms with Crippen molar-refractivity contribution in [1.82, 2.24) is 30.1 Å². The van der Waals surface area contributed by atoms with E-state index in [0.717, 1.165) is 5.52 Å². The molecule has 0 saturated heterocycles. The number of carbonyl (C=O) groups is 1. The van der Waals surface area contributed by atoms with Crippen molar-refractivity contribution in [3.05, 3.63) is 35.5 Å². The van der Waals surface area contributed by atoms with Gasteiger partial charge in [0.05, 0.1) is 16.7 Å². The number of H-pyrrole nitrogens is 2. The van der Waals surface area contributed by atoms with E-state index in [4.69, 9.17) is 9.63 Å². The van der Waals surface area contributed by atoms with Gasteiger partial charge in [0.2, 0.25) is 5.82 Å². The molecule has 0 unspecified atom stereocenters. The number of hydrogen-bond acceptors (Lipinski definition) is 6. The predicted molar refractivity (Wildman–Crippen MR) is 83.4 cm³/mol. The van der Waals surface area contributed by atoms with E-state index in [-0.39, 0.29) is 5.82 Å². The Balaban J connectivity index is 1.80. The molecule has 9 heteroatoms. The van der Waals surface area contributed by atoms with Crippen molar-refractivity contribution < 1.29 is 14.4 Å². The van der Waals surface area contributed by atoms with Crippen molar-refractivity contribution in [3.63, 3.8) is 0 Å². The number of aromatic amines is 2. The van der Waals surface area contributed by atoms with E-state index in [1.54, 1.807) is 26.0 Å². The molecule has 0 atom stereocenters. The van der Waals surface area contributed by atoms with Crippen molar-refractivity contribution in [2.75, 3.05) is 0 Å². The molecule has 4 aromatic heterocycles. The van der Waals surface area contributed by atoms with Crippen LogP contribution in [0.1, 0.15) is 22.1 Å². The Bertz CT molecular complexity index is 1070. The van der Waals surface area contributed by atoms with E-state index in [1.807, 2.05) is 6.07 Å². The second-order valence-electron chi connectivity index (χ2n) is 5.32. The molecule has 9 nitrogen and oxygen atoms in total. The second-order valence-corrected chi connectivity index (χ2v) is 5.32. The van der Waals surface area contributed by atoms with E-state index in [0.29, 0.717) is 40.0 Å². The van der Waals surface area contributed by atoms with Crippen LogP contribution in [-0.4, -0.2) is 41.2 Å².